The minimum Gasteiger partial charge on any atom is -0.485 e. The summed E-state index contributed by atoms with van der Waals surface area (Å²) < 4.78 is 43.0. The number of carbonyl (C=O) groups excluding carboxylic acids is 3. The van der Waals surface area contributed by atoms with Crippen LogP contribution in [0.4, 0.5) is 0 Å². The van der Waals surface area contributed by atoms with Crippen molar-refractivity contribution < 1.29 is 46.9 Å². The number of piperazine rings is 1. The number of fused-ring (bicyclic) bond motifs is 4. The lowest BCUT2D eigenvalue weighted by molar-refractivity contribution is -0.178. The maximum Gasteiger partial charge on any atom is 0.341 e. The minimum atomic E-state index is -2.17. The van der Waals surface area contributed by atoms with Gasteiger partial charge in [-0.2, -0.15) is 0 Å². The molecule has 15 heteroatoms. The Kier molecular flexibility index (Phi) is 12.4. The van der Waals surface area contributed by atoms with Crippen LogP contribution in [0, 0.1) is 0 Å². The van der Waals surface area contributed by atoms with E-state index in [-0.39, 0.29) is 49.0 Å². The summed E-state index contributed by atoms with van der Waals surface area (Å²) >= 11 is 0. The van der Waals surface area contributed by atoms with E-state index in [1.165, 1.54) is 19.1 Å². The van der Waals surface area contributed by atoms with Crippen molar-refractivity contribution in [2.75, 3.05) is 40.8 Å². The van der Waals surface area contributed by atoms with E-state index >= 15 is 0 Å². The average Bonchev–Trinajstić information content (AvgIpc) is 3.66. The molecule has 13 nitrogen and oxygen atoms in total. The number of rotatable bonds is 13. The van der Waals surface area contributed by atoms with Crippen LogP contribution in [0.5, 0.6) is 11.5 Å². The molecule has 1 aromatic heterocycles. The fraction of sp³-hybridized carbons (Fsp3) is 0.690. The van der Waals surface area contributed by atoms with Crippen molar-refractivity contribution >= 4 is 45.3 Å². The van der Waals surface area contributed by atoms with Gasteiger partial charge in [-0.3, -0.25) is 9.59 Å². The van der Waals surface area contributed by atoms with Crippen molar-refractivity contribution in [2.24, 2.45) is 0 Å². The molecule has 2 saturated heterocycles. The van der Waals surface area contributed by atoms with E-state index in [2.05, 4.69) is 78.0 Å². The highest BCUT2D eigenvalue weighted by atomic mass is 28.4. The average molecular weight is 830 g/mol. The third-order valence-corrected chi connectivity index (χ3v) is 22.2. The Labute approximate surface area is 341 Å². The number of esters is 1. The van der Waals surface area contributed by atoms with Crippen molar-refractivity contribution in [1.82, 2.24) is 15.2 Å². The van der Waals surface area contributed by atoms with E-state index < -0.39 is 57.2 Å². The van der Waals surface area contributed by atoms with E-state index in [0.717, 1.165) is 5.57 Å². The zero-order valence-electron chi connectivity index (χ0n) is 36.9. The van der Waals surface area contributed by atoms with Gasteiger partial charge in [-0.15, -0.1) is 0 Å². The van der Waals surface area contributed by atoms with E-state index in [9.17, 15) is 14.4 Å². The predicted molar refractivity (Wildman–Crippen MR) is 224 cm³/mol. The predicted octanol–water partition coefficient (Wildman–Crippen LogP) is 7.01. The molecule has 4 atom stereocenters. The second-order valence-corrected chi connectivity index (χ2v) is 29.1. The number of ether oxygens (including phenoxy) is 5. The summed E-state index contributed by atoms with van der Waals surface area (Å²) in [6, 6.07) is 3.72. The fourth-order valence-corrected chi connectivity index (χ4v) is 9.83. The molecule has 2 fully saturated rings. The number of methoxy groups -OCH3 is 2. The second-order valence-electron chi connectivity index (χ2n) is 19.6. The first-order valence-corrected chi connectivity index (χ1v) is 25.9. The van der Waals surface area contributed by atoms with Gasteiger partial charge >= 0.3 is 5.97 Å². The molecule has 0 bridgehead atoms. The summed E-state index contributed by atoms with van der Waals surface area (Å²) in [5.74, 6) is -0.857. The first kappa shape index (κ1) is 44.9. The molecule has 1 aromatic carbocycles. The number of nitrogens with one attached hydrogen (secondary N) is 2. The first-order valence-electron chi connectivity index (χ1n) is 20.0. The highest BCUT2D eigenvalue weighted by Gasteiger charge is 2.67. The lowest BCUT2D eigenvalue weighted by Gasteiger charge is -2.49. The van der Waals surface area contributed by atoms with Crippen LogP contribution in [-0.4, -0.2) is 114 Å². The highest BCUT2D eigenvalue weighted by Crippen LogP contribution is 2.46. The Morgan fingerprint density at radius 1 is 1.02 bits per heavy atom. The Balaban J connectivity index is 1.48. The van der Waals surface area contributed by atoms with Gasteiger partial charge < -0.3 is 47.7 Å². The molecule has 2 amide bonds. The van der Waals surface area contributed by atoms with Crippen LogP contribution >= 0.6 is 0 Å². The number of carbonyl (C=O) groups is 3. The molecule has 4 heterocycles. The summed E-state index contributed by atoms with van der Waals surface area (Å²) in [6.45, 7) is 28.8. The number of amides is 2. The summed E-state index contributed by atoms with van der Waals surface area (Å²) in [6.07, 6.45) is 3.03. The van der Waals surface area contributed by atoms with Gasteiger partial charge in [0.2, 0.25) is 11.4 Å². The molecular weight excluding hydrogens is 763 g/mol. The van der Waals surface area contributed by atoms with Crippen molar-refractivity contribution in [3.63, 3.8) is 0 Å². The van der Waals surface area contributed by atoms with Crippen LogP contribution in [0.1, 0.15) is 80.7 Å². The van der Waals surface area contributed by atoms with Gasteiger partial charge in [0.15, 0.2) is 33.7 Å². The Morgan fingerprint density at radius 2 is 1.68 bits per heavy atom. The molecule has 5 rings (SSSR count). The zero-order chi connectivity index (χ0) is 42.6. The normalized spacial score (nSPS) is 25.7. The molecular formula is C42H67N3O10Si2. The standard InChI is InChI=1S/C42H67N3O10Si2/c1-27(24-53-56(12,13)38(2,3)4)18-20-42-31(52-26-49-10)19-21-45(42)36(47)41(37(48)50-11,44-35(42)46)22-28-23-43-33-29(28)16-17-30-34(33)51-25-32(40(8,9)54-30)55-57(14,15)39(5,6)7/h16-18,23,31-32,43H,19-22,24-26H2,1-15H3,(H,44,46)/b27-18+/t31-,32?,41?,42+/m0/s1. The Hall–Kier alpha value is -3.22. The number of aromatic amines is 1. The first-order chi connectivity index (χ1) is 26.3. The van der Waals surface area contributed by atoms with E-state index in [1.54, 1.807) is 6.20 Å². The molecule has 0 radical (unpaired) electrons. The number of H-pyrrole nitrogens is 1. The largest absolute Gasteiger partial charge is 0.485 e. The van der Waals surface area contributed by atoms with Crippen LogP contribution in [0.15, 0.2) is 30.0 Å². The number of hydrogen-bond acceptors (Lipinski definition) is 10. The lowest BCUT2D eigenvalue weighted by Crippen LogP contribution is -2.79. The minimum absolute atomic E-state index is 0.00670. The second kappa shape index (κ2) is 15.8. The number of nitrogens with zero attached hydrogens (tertiary/aromatic N) is 1. The molecule has 0 aliphatic carbocycles. The smallest absolute Gasteiger partial charge is 0.341 e. The molecule has 3 aliphatic heterocycles. The quantitative estimate of drug-likeness (QED) is 0.0711. The molecule has 0 saturated carbocycles. The SMILES string of the molecule is COCO[C@H]1CCN2C(=O)C(Cc3c[nH]c4c5c(ccc34)OC(C)(C)C(O[Si](C)(C)C(C)(C)C)CO5)(C(=O)OC)NC(=O)[C@@]12C/C=C(\C)CO[Si](C)(C)C(C)(C)C. The van der Waals surface area contributed by atoms with Crippen LogP contribution in [0.25, 0.3) is 10.9 Å². The summed E-state index contributed by atoms with van der Waals surface area (Å²) in [7, 11) is -1.49. The molecule has 2 N–H and O–H groups in total. The zero-order valence-corrected chi connectivity index (χ0v) is 38.9. The maximum absolute atomic E-state index is 15.0. The Bertz CT molecular complexity index is 1880. The van der Waals surface area contributed by atoms with Gasteiger partial charge in [0.1, 0.15) is 25.1 Å². The fourth-order valence-electron chi connectivity index (χ4n) is 7.39. The van der Waals surface area contributed by atoms with Gasteiger partial charge in [0.25, 0.3) is 5.91 Å². The van der Waals surface area contributed by atoms with Gasteiger partial charge in [0.05, 0.1) is 25.3 Å². The number of benzene rings is 1. The number of hydrogen-bond donors (Lipinski definition) is 2. The topological polar surface area (TPSA) is 147 Å². The van der Waals surface area contributed by atoms with Gasteiger partial charge in [-0.05, 0) is 81.2 Å². The van der Waals surface area contributed by atoms with Crippen molar-refractivity contribution in [2.45, 2.75) is 147 Å². The molecule has 0 spiro atoms. The van der Waals surface area contributed by atoms with Crippen molar-refractivity contribution in [3.8, 4) is 11.5 Å². The summed E-state index contributed by atoms with van der Waals surface area (Å²) in [5.41, 5.74) is -1.98. The molecule has 2 unspecified atom stereocenters. The number of aromatic nitrogens is 1. The van der Waals surface area contributed by atoms with Gasteiger partial charge in [-0.1, -0.05) is 53.2 Å². The van der Waals surface area contributed by atoms with E-state index in [1.807, 2.05) is 39.0 Å². The van der Waals surface area contributed by atoms with Crippen LogP contribution in [0.3, 0.4) is 0 Å². The van der Waals surface area contributed by atoms with E-state index in [4.69, 9.17) is 32.5 Å². The maximum atomic E-state index is 15.0. The highest BCUT2D eigenvalue weighted by molar-refractivity contribution is 6.74. The summed E-state index contributed by atoms with van der Waals surface area (Å²) in [4.78, 5) is 48.5. The third kappa shape index (κ3) is 8.21. The Morgan fingerprint density at radius 3 is 2.30 bits per heavy atom. The molecule has 57 heavy (non-hydrogen) atoms. The molecule has 2 aromatic rings. The monoisotopic (exact) mass is 829 g/mol. The third-order valence-electron chi connectivity index (χ3n) is 13.2. The van der Waals surface area contributed by atoms with Crippen molar-refractivity contribution in [3.05, 3.63) is 35.5 Å². The molecule has 318 valence electrons. The molecule has 3 aliphatic rings. The van der Waals surface area contributed by atoms with E-state index in [0.29, 0.717) is 41.0 Å². The van der Waals surface area contributed by atoms with Crippen LogP contribution in [0.2, 0.25) is 36.3 Å². The van der Waals surface area contributed by atoms with Crippen LogP contribution in [-0.2, 0) is 43.9 Å². The van der Waals surface area contributed by atoms with Gasteiger partial charge in [-0.25, -0.2) is 4.79 Å². The lowest BCUT2D eigenvalue weighted by atomic mass is 9.78. The van der Waals surface area contributed by atoms with Gasteiger partial charge in [0, 0.05) is 38.1 Å². The van der Waals surface area contributed by atoms with Crippen LogP contribution < -0.4 is 14.8 Å². The van der Waals surface area contributed by atoms with Crippen molar-refractivity contribution in [1.29, 1.82) is 0 Å². The summed E-state index contributed by atoms with van der Waals surface area (Å²) in [5, 5.41) is 3.65.